The maximum atomic E-state index is 14.6. The summed E-state index contributed by atoms with van der Waals surface area (Å²) in [4.78, 5) is 12.6. The van der Waals surface area contributed by atoms with Gasteiger partial charge in [-0.25, -0.2) is 14.3 Å². The molecule has 0 unspecified atom stereocenters. The van der Waals surface area contributed by atoms with Gasteiger partial charge in [-0.15, -0.1) is 0 Å². The van der Waals surface area contributed by atoms with Gasteiger partial charge < -0.3 is 34.9 Å². The first-order chi connectivity index (χ1) is 16.8. The van der Waals surface area contributed by atoms with Crippen LogP contribution in [0, 0.1) is 0 Å². The number of nitrogens with zero attached hydrogens (tertiary/aromatic N) is 6. The Morgan fingerprint density at radius 1 is 1.17 bits per heavy atom. The molecule has 0 amide bonds. The first-order valence-corrected chi connectivity index (χ1v) is 13.4. The summed E-state index contributed by atoms with van der Waals surface area (Å²) in [6.45, 7) is 5.45. The third-order valence-corrected chi connectivity index (χ3v) is 10.3. The van der Waals surface area contributed by atoms with Crippen molar-refractivity contribution in [2.24, 2.45) is 0 Å². The van der Waals surface area contributed by atoms with Crippen LogP contribution < -0.4 is 10.5 Å². The minimum absolute atomic E-state index is 0.0324. The molecule has 5 rings (SSSR count). The van der Waals surface area contributed by atoms with Crippen LogP contribution in [-0.2, 0) is 18.8 Å². The lowest BCUT2D eigenvalue weighted by atomic mass is 9.97. The van der Waals surface area contributed by atoms with Gasteiger partial charge in [0.25, 0.3) is 0 Å². The van der Waals surface area contributed by atoms with E-state index in [0.29, 0.717) is 58.1 Å². The molecule has 5 heterocycles. The zero-order valence-electron chi connectivity index (χ0n) is 19.8. The molecule has 2 aromatic heterocycles. The van der Waals surface area contributed by atoms with Crippen molar-refractivity contribution in [3.05, 3.63) is 6.33 Å². The van der Waals surface area contributed by atoms with Gasteiger partial charge in [0.15, 0.2) is 17.4 Å². The van der Waals surface area contributed by atoms with Crippen LogP contribution in [0.1, 0.15) is 13.2 Å². The minimum atomic E-state index is -3.16. The van der Waals surface area contributed by atoms with Crippen LogP contribution in [0.5, 0.6) is 5.88 Å². The highest BCUT2D eigenvalue weighted by molar-refractivity contribution is 7.59. The predicted molar refractivity (Wildman–Crippen MR) is 124 cm³/mol. The van der Waals surface area contributed by atoms with Crippen LogP contribution in [0.15, 0.2) is 6.33 Å². The molecule has 14 nitrogen and oxygen atoms in total. The van der Waals surface area contributed by atoms with Crippen molar-refractivity contribution >= 4 is 24.6 Å². The maximum Gasteiger partial charge on any atom is 0.246 e. The van der Waals surface area contributed by atoms with Gasteiger partial charge in [0, 0.05) is 26.2 Å². The van der Waals surface area contributed by atoms with Crippen LogP contribution in [0.25, 0.3) is 11.2 Å². The molecule has 15 heteroatoms. The first-order valence-electron chi connectivity index (χ1n) is 11.6. The van der Waals surface area contributed by atoms with E-state index in [1.54, 1.807) is 0 Å². The maximum absolute atomic E-state index is 14.6. The van der Waals surface area contributed by atoms with E-state index in [1.165, 1.54) is 24.9 Å². The van der Waals surface area contributed by atoms with Crippen LogP contribution in [0.3, 0.4) is 0 Å². The van der Waals surface area contributed by atoms with Crippen LogP contribution in [0.2, 0.25) is 0 Å². The molecule has 0 aromatic carbocycles. The molecule has 2 aromatic rings. The first kappa shape index (κ1) is 24.8. The topological polar surface area (TPSA) is 171 Å². The van der Waals surface area contributed by atoms with Gasteiger partial charge >= 0.3 is 0 Å². The standard InChI is InChI=1S/C20H32N7O7P/c1-20(29)15(28)13(11-35(30,25-3-7-32-8-4-25)26-5-9-33-10-6-26)34-18(20)27-12-22-14-16(27)23-19(21)24-17(14)31-2/h12-13,15,18,28-29H,3-11H2,1-2H3,(H2,21,23,24)/t13-,15+,18+,20+/m0/s1. The van der Waals surface area contributed by atoms with Crippen molar-refractivity contribution in [2.75, 3.05) is 71.6 Å². The Hall–Kier alpha value is -1.90. The monoisotopic (exact) mass is 513 g/mol. The van der Waals surface area contributed by atoms with Crippen molar-refractivity contribution < 1.29 is 33.7 Å². The zero-order chi connectivity index (χ0) is 24.8. The molecule has 0 spiro atoms. The number of hydrogen-bond donors (Lipinski definition) is 3. The Labute approximate surface area is 202 Å². The number of nitrogens with two attached hydrogens (primary N) is 1. The van der Waals surface area contributed by atoms with E-state index in [-0.39, 0.29) is 23.6 Å². The normalized spacial score (nSPS) is 31.3. The number of morpholine rings is 2. The largest absolute Gasteiger partial charge is 0.479 e. The van der Waals surface area contributed by atoms with Crippen molar-refractivity contribution in [1.29, 1.82) is 0 Å². The van der Waals surface area contributed by atoms with E-state index in [4.69, 9.17) is 24.7 Å². The lowest BCUT2D eigenvalue weighted by Gasteiger charge is -2.43. The SMILES string of the molecule is COc1nc(N)nc2c1ncn2[C@@H]1O[C@@H](CP(=O)(N2CCOCC2)N2CCOCC2)[C@@H](O)[C@@]1(C)O. The molecule has 35 heavy (non-hydrogen) atoms. The number of fused-ring (bicyclic) bond motifs is 1. The molecule has 0 aliphatic carbocycles. The Morgan fingerprint density at radius 2 is 1.77 bits per heavy atom. The molecule has 0 bridgehead atoms. The third-order valence-electron chi connectivity index (χ3n) is 6.88. The molecule has 4 atom stereocenters. The van der Waals surface area contributed by atoms with Gasteiger partial charge in [0.1, 0.15) is 11.7 Å². The van der Waals surface area contributed by atoms with Gasteiger partial charge in [-0.05, 0) is 6.92 Å². The van der Waals surface area contributed by atoms with E-state index < -0.39 is 31.5 Å². The summed E-state index contributed by atoms with van der Waals surface area (Å²) in [5, 5.41) is 22.5. The van der Waals surface area contributed by atoms with E-state index in [0.717, 1.165) is 0 Å². The van der Waals surface area contributed by atoms with Crippen LogP contribution in [-0.4, -0.2) is 123 Å². The van der Waals surface area contributed by atoms with Crippen LogP contribution >= 0.6 is 7.44 Å². The summed E-state index contributed by atoms with van der Waals surface area (Å²) >= 11 is 0. The number of aromatic nitrogens is 4. The number of aliphatic hydroxyl groups excluding tert-OH is 1. The van der Waals surface area contributed by atoms with Gasteiger partial charge in [0.05, 0.1) is 52.1 Å². The van der Waals surface area contributed by atoms with Gasteiger partial charge in [-0.2, -0.15) is 9.97 Å². The predicted octanol–water partition coefficient (Wildman–Crippen LogP) is -0.716. The Balaban J connectivity index is 1.47. The molecule has 3 fully saturated rings. The lowest BCUT2D eigenvalue weighted by molar-refractivity contribution is -0.0935. The molecule has 3 saturated heterocycles. The summed E-state index contributed by atoms with van der Waals surface area (Å²) in [7, 11) is -1.72. The molecule has 3 aliphatic rings. The fourth-order valence-electron chi connectivity index (χ4n) is 4.99. The summed E-state index contributed by atoms with van der Waals surface area (Å²) in [5.41, 5.74) is 4.73. The minimum Gasteiger partial charge on any atom is -0.479 e. The quantitative estimate of drug-likeness (QED) is 0.414. The molecule has 0 radical (unpaired) electrons. The van der Waals surface area contributed by atoms with E-state index in [2.05, 4.69) is 15.0 Å². The van der Waals surface area contributed by atoms with Crippen LogP contribution in [0.4, 0.5) is 5.95 Å². The average Bonchev–Trinajstić information content (AvgIpc) is 3.38. The Bertz CT molecular complexity index is 1080. The average molecular weight is 513 g/mol. The molecule has 3 aliphatic heterocycles. The molecule has 0 saturated carbocycles. The van der Waals surface area contributed by atoms with E-state index in [1.807, 2.05) is 9.34 Å². The van der Waals surface area contributed by atoms with Gasteiger partial charge in [-0.1, -0.05) is 0 Å². The number of imidazole rings is 1. The highest BCUT2D eigenvalue weighted by Crippen LogP contribution is 2.56. The summed E-state index contributed by atoms with van der Waals surface area (Å²) in [5.74, 6) is 0.153. The van der Waals surface area contributed by atoms with Gasteiger partial charge in [-0.3, -0.25) is 9.13 Å². The van der Waals surface area contributed by atoms with Gasteiger partial charge in [0.2, 0.25) is 19.3 Å². The smallest absolute Gasteiger partial charge is 0.246 e. The van der Waals surface area contributed by atoms with Crippen molar-refractivity contribution in [2.45, 2.75) is 31.0 Å². The molecule has 194 valence electrons. The molecular weight excluding hydrogens is 481 g/mol. The fraction of sp³-hybridized carbons (Fsp3) is 0.750. The van der Waals surface area contributed by atoms with E-state index in [9.17, 15) is 14.8 Å². The third kappa shape index (κ3) is 4.31. The summed E-state index contributed by atoms with van der Waals surface area (Å²) in [6.07, 6.45) is -1.83. The van der Waals surface area contributed by atoms with E-state index >= 15 is 0 Å². The highest BCUT2D eigenvalue weighted by atomic mass is 31.2. The Morgan fingerprint density at radius 3 is 2.34 bits per heavy atom. The number of methoxy groups -OCH3 is 1. The highest BCUT2D eigenvalue weighted by Gasteiger charge is 2.56. The number of anilines is 1. The number of ether oxygens (including phenoxy) is 4. The second-order valence-corrected chi connectivity index (χ2v) is 11.9. The zero-order valence-corrected chi connectivity index (χ0v) is 20.7. The fourth-order valence-corrected chi connectivity index (χ4v) is 8.14. The van der Waals surface area contributed by atoms with Crippen molar-refractivity contribution in [3.8, 4) is 5.88 Å². The Kier molecular flexibility index (Phi) is 6.74. The summed E-state index contributed by atoms with van der Waals surface area (Å²) in [6, 6.07) is 0. The second-order valence-electron chi connectivity index (χ2n) is 9.09. The lowest BCUT2D eigenvalue weighted by Crippen LogP contribution is -2.48. The number of nitrogen functional groups attached to an aromatic ring is 1. The summed E-state index contributed by atoms with van der Waals surface area (Å²) < 4.78 is 42.4. The van der Waals surface area contributed by atoms with Crippen molar-refractivity contribution in [1.82, 2.24) is 28.9 Å². The van der Waals surface area contributed by atoms with Crippen molar-refractivity contribution in [3.63, 3.8) is 0 Å². The molecular formula is C20H32N7O7P. The second kappa shape index (κ2) is 9.52. The number of aliphatic hydroxyl groups is 2. The number of rotatable bonds is 6. The molecule has 4 N–H and O–H groups in total. The number of hydrogen-bond acceptors (Lipinski definition) is 11.